The molecule has 6 nitrogen and oxygen atoms in total. The molecule has 1 aliphatic rings. The highest BCUT2D eigenvalue weighted by Gasteiger charge is 2.38. The number of aliphatic hydroxyl groups is 1. The lowest BCUT2D eigenvalue weighted by Gasteiger charge is -2.36. The first-order chi connectivity index (χ1) is 11.5. The van der Waals surface area contributed by atoms with E-state index in [1.165, 1.54) is 12.1 Å². The first-order valence-corrected chi connectivity index (χ1v) is 7.58. The molecule has 1 aliphatic heterocycles. The van der Waals surface area contributed by atoms with Crippen LogP contribution in [0, 0.1) is 0 Å². The largest absolute Gasteiger partial charge is 0.504 e. The van der Waals surface area contributed by atoms with Crippen molar-refractivity contribution < 1.29 is 29.5 Å². The van der Waals surface area contributed by atoms with Gasteiger partial charge in [0.05, 0.1) is 14.2 Å². The van der Waals surface area contributed by atoms with Crippen LogP contribution in [0.4, 0.5) is 0 Å². The number of aromatic hydroxyl groups is 2. The molecule has 0 aromatic heterocycles. The van der Waals surface area contributed by atoms with Gasteiger partial charge in [0.2, 0.25) is 0 Å². The Balaban J connectivity index is 2.07. The van der Waals surface area contributed by atoms with Crippen molar-refractivity contribution in [1.29, 1.82) is 0 Å². The minimum atomic E-state index is -0.844. The molecule has 2 aromatic carbocycles. The van der Waals surface area contributed by atoms with Gasteiger partial charge in [0.25, 0.3) is 0 Å². The molecule has 0 radical (unpaired) electrons. The molecule has 24 heavy (non-hydrogen) atoms. The van der Waals surface area contributed by atoms with Crippen LogP contribution >= 0.6 is 0 Å². The number of ether oxygens (including phenoxy) is 3. The number of fused-ring (bicyclic) bond motifs is 1. The molecule has 3 N–H and O–H groups in total. The molecule has 6 heteroatoms. The van der Waals surface area contributed by atoms with E-state index in [9.17, 15) is 15.3 Å². The van der Waals surface area contributed by atoms with Gasteiger partial charge in [-0.2, -0.15) is 0 Å². The molecule has 1 unspecified atom stereocenters. The Hall–Kier alpha value is -2.60. The predicted octanol–water partition coefficient (Wildman–Crippen LogP) is 2.71. The van der Waals surface area contributed by atoms with Gasteiger partial charge in [0, 0.05) is 23.6 Å². The monoisotopic (exact) mass is 332 g/mol. The minimum Gasteiger partial charge on any atom is -0.504 e. The Labute approximate surface area is 139 Å². The standard InChI is InChI=1S/C18H20O6/c1-9-16-14(23-3)7-11(22-2)8-15(16)24-18(17(9)21)10-4-5-12(19)13(20)6-10/h4-9,17-21H,1-3H3/t9?,17-,18+/m0/s1. The molecule has 0 amide bonds. The number of phenols is 2. The molecule has 0 saturated carbocycles. The normalized spacial score (nSPS) is 22.4. The third-order valence-corrected chi connectivity index (χ3v) is 4.39. The smallest absolute Gasteiger partial charge is 0.157 e. The van der Waals surface area contributed by atoms with Crippen molar-refractivity contribution in [2.24, 2.45) is 0 Å². The summed E-state index contributed by atoms with van der Waals surface area (Å²) in [6, 6.07) is 7.86. The van der Waals surface area contributed by atoms with Crippen LogP contribution in [0.5, 0.6) is 28.7 Å². The van der Waals surface area contributed by atoms with Gasteiger partial charge in [0.1, 0.15) is 23.4 Å². The van der Waals surface area contributed by atoms with Gasteiger partial charge in [-0.05, 0) is 17.7 Å². The van der Waals surface area contributed by atoms with Crippen molar-refractivity contribution >= 4 is 0 Å². The van der Waals surface area contributed by atoms with Crippen molar-refractivity contribution in [2.75, 3.05) is 14.2 Å². The van der Waals surface area contributed by atoms with Gasteiger partial charge >= 0.3 is 0 Å². The summed E-state index contributed by atoms with van der Waals surface area (Å²) in [7, 11) is 3.11. The summed E-state index contributed by atoms with van der Waals surface area (Å²) in [6.45, 7) is 1.88. The molecule has 0 spiro atoms. The predicted molar refractivity (Wildman–Crippen MR) is 87.1 cm³/mol. The van der Waals surface area contributed by atoms with Gasteiger partial charge in [-0.25, -0.2) is 0 Å². The molecule has 2 aromatic rings. The van der Waals surface area contributed by atoms with E-state index < -0.39 is 12.2 Å². The van der Waals surface area contributed by atoms with Crippen LogP contribution in [-0.2, 0) is 0 Å². The van der Waals surface area contributed by atoms with Crippen LogP contribution < -0.4 is 14.2 Å². The molecule has 1 heterocycles. The first-order valence-electron chi connectivity index (χ1n) is 7.58. The van der Waals surface area contributed by atoms with Crippen molar-refractivity contribution in [1.82, 2.24) is 0 Å². The third-order valence-electron chi connectivity index (χ3n) is 4.39. The van der Waals surface area contributed by atoms with Gasteiger partial charge < -0.3 is 29.5 Å². The lowest BCUT2D eigenvalue weighted by atomic mass is 9.85. The number of methoxy groups -OCH3 is 2. The van der Waals surface area contributed by atoms with Gasteiger partial charge in [-0.3, -0.25) is 0 Å². The number of hydrogen-bond donors (Lipinski definition) is 3. The van der Waals surface area contributed by atoms with E-state index in [1.54, 1.807) is 32.4 Å². The fraction of sp³-hybridized carbons (Fsp3) is 0.333. The minimum absolute atomic E-state index is 0.221. The van der Waals surface area contributed by atoms with Crippen molar-refractivity contribution in [2.45, 2.75) is 25.0 Å². The van der Waals surface area contributed by atoms with Crippen molar-refractivity contribution in [3.8, 4) is 28.7 Å². The Morgan fingerprint density at radius 3 is 2.38 bits per heavy atom. The van der Waals surface area contributed by atoms with Crippen LogP contribution in [-0.4, -0.2) is 35.6 Å². The molecule has 3 atom stereocenters. The zero-order valence-corrected chi connectivity index (χ0v) is 13.7. The molecule has 0 bridgehead atoms. The maximum absolute atomic E-state index is 10.7. The highest BCUT2D eigenvalue weighted by molar-refractivity contribution is 5.55. The van der Waals surface area contributed by atoms with E-state index in [-0.39, 0.29) is 17.4 Å². The van der Waals surface area contributed by atoms with E-state index >= 15 is 0 Å². The lowest BCUT2D eigenvalue weighted by molar-refractivity contribution is 0.00263. The zero-order valence-electron chi connectivity index (χ0n) is 13.7. The second-order valence-electron chi connectivity index (χ2n) is 5.81. The maximum atomic E-state index is 10.7. The van der Waals surface area contributed by atoms with Crippen LogP contribution in [0.15, 0.2) is 30.3 Å². The lowest BCUT2D eigenvalue weighted by Crippen LogP contribution is -2.33. The van der Waals surface area contributed by atoms with Crippen molar-refractivity contribution in [3.05, 3.63) is 41.5 Å². The topological polar surface area (TPSA) is 88.4 Å². The number of phenolic OH excluding ortho intramolecular Hbond substituents is 2. The summed E-state index contributed by atoms with van der Waals surface area (Å²) in [4.78, 5) is 0. The van der Waals surface area contributed by atoms with E-state index in [0.29, 0.717) is 22.8 Å². The second kappa shape index (κ2) is 6.13. The number of aliphatic hydroxyl groups excluding tert-OH is 1. The summed E-state index contributed by atoms with van der Waals surface area (Å²) >= 11 is 0. The Kier molecular flexibility index (Phi) is 4.15. The Morgan fingerprint density at radius 2 is 1.75 bits per heavy atom. The van der Waals surface area contributed by atoms with E-state index in [4.69, 9.17) is 14.2 Å². The van der Waals surface area contributed by atoms with Crippen LogP contribution in [0.2, 0.25) is 0 Å². The summed E-state index contributed by atoms with van der Waals surface area (Å²) in [6.07, 6.45) is -1.53. The third kappa shape index (κ3) is 2.59. The molecule has 0 aliphatic carbocycles. The molecular weight excluding hydrogens is 312 g/mol. The fourth-order valence-electron chi connectivity index (χ4n) is 3.03. The van der Waals surface area contributed by atoms with Crippen LogP contribution in [0.25, 0.3) is 0 Å². The van der Waals surface area contributed by atoms with Crippen LogP contribution in [0.1, 0.15) is 30.1 Å². The quantitative estimate of drug-likeness (QED) is 0.749. The van der Waals surface area contributed by atoms with E-state index in [1.807, 2.05) is 6.92 Å². The van der Waals surface area contributed by atoms with E-state index in [0.717, 1.165) is 5.56 Å². The summed E-state index contributed by atoms with van der Waals surface area (Å²) in [5.41, 5.74) is 1.34. The summed E-state index contributed by atoms with van der Waals surface area (Å²) in [5, 5.41) is 29.9. The van der Waals surface area contributed by atoms with Gasteiger partial charge in [-0.1, -0.05) is 13.0 Å². The average Bonchev–Trinajstić information content (AvgIpc) is 2.59. The summed E-state index contributed by atoms with van der Waals surface area (Å²) < 4.78 is 16.6. The highest BCUT2D eigenvalue weighted by Crippen LogP contribution is 2.48. The Morgan fingerprint density at radius 1 is 1.00 bits per heavy atom. The number of hydrogen-bond acceptors (Lipinski definition) is 6. The van der Waals surface area contributed by atoms with Crippen molar-refractivity contribution in [3.63, 3.8) is 0 Å². The molecule has 128 valence electrons. The van der Waals surface area contributed by atoms with Crippen LogP contribution in [0.3, 0.4) is 0 Å². The van der Waals surface area contributed by atoms with Gasteiger partial charge in [-0.15, -0.1) is 0 Å². The number of rotatable bonds is 3. The van der Waals surface area contributed by atoms with E-state index in [2.05, 4.69) is 0 Å². The summed E-state index contributed by atoms with van der Waals surface area (Å²) in [5.74, 6) is 0.993. The zero-order chi connectivity index (χ0) is 17.4. The Bertz CT molecular complexity index is 757. The highest BCUT2D eigenvalue weighted by atomic mass is 16.5. The number of benzene rings is 2. The average molecular weight is 332 g/mol. The molecule has 3 rings (SSSR count). The second-order valence-corrected chi connectivity index (χ2v) is 5.81. The maximum Gasteiger partial charge on any atom is 0.157 e. The molecule has 0 saturated heterocycles. The SMILES string of the molecule is COc1cc(OC)c2c(c1)O[C@H](c1ccc(O)c(O)c1)[C@@H](O)C2C. The molecular formula is C18H20O6. The fourth-order valence-corrected chi connectivity index (χ4v) is 3.03. The molecule has 0 fully saturated rings. The first kappa shape index (κ1) is 16.3. The van der Waals surface area contributed by atoms with Gasteiger partial charge in [0.15, 0.2) is 17.6 Å².